The molecule has 2 fully saturated rings. The zero-order chi connectivity index (χ0) is 19.6. The summed E-state index contributed by atoms with van der Waals surface area (Å²) in [7, 11) is 0. The van der Waals surface area contributed by atoms with Crippen molar-refractivity contribution in [2.24, 2.45) is 0 Å². The summed E-state index contributed by atoms with van der Waals surface area (Å²) in [5.74, 6) is -0.0279. The first kappa shape index (κ1) is 19.4. The number of carbonyl (C=O) groups excluding carboxylic acids is 1. The lowest BCUT2D eigenvalue weighted by Gasteiger charge is -2.35. The average molecular weight is 403 g/mol. The lowest BCUT2D eigenvalue weighted by molar-refractivity contribution is -0.178. The predicted molar refractivity (Wildman–Crippen MR) is 108 cm³/mol. The fraction of sp³-hybridized carbons (Fsp3) is 0.524. The Bertz CT molecular complexity index is 807. The quantitative estimate of drug-likeness (QED) is 0.765. The molecule has 1 unspecified atom stereocenters. The van der Waals surface area contributed by atoms with Crippen molar-refractivity contribution in [2.45, 2.75) is 57.3 Å². The number of hydrogen-bond donors (Lipinski definition) is 1. The monoisotopic (exact) mass is 402 g/mol. The number of amides is 1. The molecule has 28 heavy (non-hydrogen) atoms. The highest BCUT2D eigenvalue weighted by Crippen LogP contribution is 2.45. The maximum atomic E-state index is 12.5. The highest BCUT2D eigenvalue weighted by Gasteiger charge is 2.41. The number of benzene rings is 1. The van der Waals surface area contributed by atoms with E-state index in [4.69, 9.17) is 14.2 Å². The van der Waals surface area contributed by atoms with Gasteiger partial charge in [-0.1, -0.05) is 30.3 Å². The van der Waals surface area contributed by atoms with Crippen LogP contribution < -0.4 is 5.32 Å². The maximum Gasteiger partial charge on any atom is 0.412 e. The smallest absolute Gasteiger partial charge is 0.412 e. The van der Waals surface area contributed by atoms with Gasteiger partial charge in [0.05, 0.1) is 29.5 Å². The van der Waals surface area contributed by atoms with Gasteiger partial charge in [0.15, 0.2) is 5.79 Å². The van der Waals surface area contributed by atoms with Crippen molar-refractivity contribution in [1.29, 1.82) is 0 Å². The molecule has 2 aromatic rings. The van der Waals surface area contributed by atoms with E-state index in [0.29, 0.717) is 19.1 Å². The van der Waals surface area contributed by atoms with Crippen LogP contribution in [-0.4, -0.2) is 29.5 Å². The summed E-state index contributed by atoms with van der Waals surface area (Å²) in [5, 5.41) is 2.94. The van der Waals surface area contributed by atoms with Crippen LogP contribution in [0.15, 0.2) is 30.3 Å². The zero-order valence-electron chi connectivity index (χ0n) is 16.3. The van der Waals surface area contributed by atoms with Crippen molar-refractivity contribution in [2.75, 3.05) is 18.5 Å². The van der Waals surface area contributed by atoms with Gasteiger partial charge >= 0.3 is 6.09 Å². The van der Waals surface area contributed by atoms with E-state index in [0.717, 1.165) is 47.5 Å². The average Bonchev–Trinajstić information content (AvgIpc) is 3.31. The van der Waals surface area contributed by atoms with Crippen LogP contribution in [0.5, 0.6) is 0 Å². The number of rotatable bonds is 4. The second-order valence-electron chi connectivity index (χ2n) is 7.47. The molecule has 2 heterocycles. The molecule has 1 aromatic heterocycles. The Morgan fingerprint density at radius 1 is 1.25 bits per heavy atom. The van der Waals surface area contributed by atoms with E-state index in [9.17, 15) is 4.79 Å². The standard InChI is InChI=1S/C21H26N2O4S/c1-14-18(22-20(24)27-15(2)16-6-4-3-5-7-16)19(28-23-14)17-8-10-21(11-9-17)25-12-13-26-21/h3-7,15,17H,8-13H2,1-2H3,(H,22,24). The molecule has 1 N–H and O–H groups in total. The molecule has 150 valence electrons. The first-order chi connectivity index (χ1) is 13.6. The topological polar surface area (TPSA) is 69.7 Å². The Morgan fingerprint density at radius 2 is 1.93 bits per heavy atom. The van der Waals surface area contributed by atoms with E-state index in [1.807, 2.05) is 44.2 Å². The van der Waals surface area contributed by atoms with Crippen LogP contribution in [0.25, 0.3) is 0 Å². The van der Waals surface area contributed by atoms with Gasteiger partial charge in [-0.2, -0.15) is 4.37 Å². The second kappa shape index (κ2) is 8.19. The minimum absolute atomic E-state index is 0.317. The van der Waals surface area contributed by atoms with Gasteiger partial charge in [0.1, 0.15) is 6.10 Å². The third-order valence-corrected chi connectivity index (χ3v) is 6.70. The zero-order valence-corrected chi connectivity index (χ0v) is 17.1. The van der Waals surface area contributed by atoms with Crippen LogP contribution in [0.3, 0.4) is 0 Å². The van der Waals surface area contributed by atoms with Crippen LogP contribution in [0.4, 0.5) is 10.5 Å². The predicted octanol–water partition coefficient (Wildman–Crippen LogP) is 5.16. The molecule has 0 radical (unpaired) electrons. The molecular formula is C21H26N2O4S. The van der Waals surface area contributed by atoms with Crippen LogP contribution in [0.2, 0.25) is 0 Å². The Balaban J connectivity index is 1.40. The molecular weight excluding hydrogens is 376 g/mol. The van der Waals surface area contributed by atoms with Gasteiger partial charge in [0, 0.05) is 12.8 Å². The molecule has 1 aliphatic heterocycles. The molecule has 6 nitrogen and oxygen atoms in total. The van der Waals surface area contributed by atoms with Crippen LogP contribution in [-0.2, 0) is 14.2 Å². The molecule has 0 bridgehead atoms. The summed E-state index contributed by atoms with van der Waals surface area (Å²) in [4.78, 5) is 13.6. The number of nitrogens with one attached hydrogen (secondary N) is 1. The van der Waals surface area contributed by atoms with E-state index in [1.54, 1.807) is 0 Å². The minimum atomic E-state index is -0.448. The summed E-state index contributed by atoms with van der Waals surface area (Å²) in [6.07, 6.45) is 2.92. The van der Waals surface area contributed by atoms with Gasteiger partial charge in [-0.05, 0) is 49.7 Å². The van der Waals surface area contributed by atoms with E-state index >= 15 is 0 Å². The fourth-order valence-corrected chi connectivity index (χ4v) is 5.01. The number of hydrogen-bond acceptors (Lipinski definition) is 6. The molecule has 1 spiro atoms. The van der Waals surface area contributed by atoms with Crippen molar-refractivity contribution in [1.82, 2.24) is 4.37 Å². The summed E-state index contributed by atoms with van der Waals surface area (Å²) in [5.41, 5.74) is 2.59. The van der Waals surface area contributed by atoms with E-state index in [1.165, 1.54) is 11.5 Å². The SMILES string of the molecule is Cc1nsc(C2CCC3(CC2)OCCO3)c1NC(=O)OC(C)c1ccccc1. The molecule has 1 saturated carbocycles. The van der Waals surface area contributed by atoms with Crippen molar-refractivity contribution >= 4 is 23.3 Å². The highest BCUT2D eigenvalue weighted by atomic mass is 32.1. The molecule has 1 aliphatic carbocycles. The van der Waals surface area contributed by atoms with Gasteiger partial charge in [0.2, 0.25) is 0 Å². The molecule has 1 amide bonds. The largest absolute Gasteiger partial charge is 0.441 e. The number of aryl methyl sites for hydroxylation is 1. The van der Waals surface area contributed by atoms with E-state index in [2.05, 4.69) is 9.69 Å². The lowest BCUT2D eigenvalue weighted by Crippen LogP contribution is -2.34. The Hall–Kier alpha value is -1.96. The molecule has 4 rings (SSSR count). The second-order valence-corrected chi connectivity index (χ2v) is 8.28. The number of carbonyl (C=O) groups is 1. The third-order valence-electron chi connectivity index (χ3n) is 5.60. The molecule has 7 heteroatoms. The number of ether oxygens (including phenoxy) is 3. The third kappa shape index (κ3) is 4.06. The molecule has 1 saturated heterocycles. The Labute approximate surface area is 169 Å². The maximum absolute atomic E-state index is 12.5. The number of aromatic nitrogens is 1. The Kier molecular flexibility index (Phi) is 5.66. The summed E-state index contributed by atoms with van der Waals surface area (Å²) < 4.78 is 21.7. The summed E-state index contributed by atoms with van der Waals surface area (Å²) in [6, 6.07) is 9.72. The van der Waals surface area contributed by atoms with Crippen LogP contribution >= 0.6 is 11.5 Å². The van der Waals surface area contributed by atoms with Crippen molar-refractivity contribution in [3.8, 4) is 0 Å². The van der Waals surface area contributed by atoms with Gasteiger partial charge < -0.3 is 14.2 Å². The van der Waals surface area contributed by atoms with Gasteiger partial charge in [-0.25, -0.2) is 4.79 Å². The van der Waals surface area contributed by atoms with E-state index < -0.39 is 6.09 Å². The number of nitrogens with zero attached hydrogens (tertiary/aromatic N) is 1. The van der Waals surface area contributed by atoms with Crippen LogP contribution in [0.1, 0.15) is 60.8 Å². The summed E-state index contributed by atoms with van der Waals surface area (Å²) >= 11 is 1.47. The highest BCUT2D eigenvalue weighted by molar-refractivity contribution is 7.06. The van der Waals surface area contributed by atoms with Gasteiger partial charge in [0.25, 0.3) is 0 Å². The van der Waals surface area contributed by atoms with E-state index in [-0.39, 0.29) is 11.9 Å². The van der Waals surface area contributed by atoms with Gasteiger partial charge in [-0.15, -0.1) is 0 Å². The normalized spacial score (nSPS) is 20.2. The van der Waals surface area contributed by atoms with Gasteiger partial charge in [-0.3, -0.25) is 5.32 Å². The van der Waals surface area contributed by atoms with Crippen molar-refractivity contribution in [3.63, 3.8) is 0 Å². The minimum Gasteiger partial charge on any atom is -0.441 e. The number of anilines is 1. The molecule has 1 aromatic carbocycles. The molecule has 2 aliphatic rings. The fourth-order valence-electron chi connectivity index (χ4n) is 4.01. The Morgan fingerprint density at radius 3 is 2.61 bits per heavy atom. The van der Waals surface area contributed by atoms with Crippen molar-refractivity contribution in [3.05, 3.63) is 46.5 Å². The van der Waals surface area contributed by atoms with Crippen LogP contribution in [0, 0.1) is 6.92 Å². The first-order valence-corrected chi connectivity index (χ1v) is 10.6. The first-order valence-electron chi connectivity index (χ1n) is 9.83. The van der Waals surface area contributed by atoms with Crippen molar-refractivity contribution < 1.29 is 19.0 Å². The summed E-state index contributed by atoms with van der Waals surface area (Å²) in [6.45, 7) is 5.16. The molecule has 1 atom stereocenters. The lowest BCUT2D eigenvalue weighted by atomic mass is 9.83.